The van der Waals surface area contributed by atoms with Crippen molar-refractivity contribution in [3.63, 3.8) is 0 Å². The lowest BCUT2D eigenvalue weighted by Gasteiger charge is -2.21. The van der Waals surface area contributed by atoms with Crippen LogP contribution < -0.4 is 20.3 Å². The summed E-state index contributed by atoms with van der Waals surface area (Å²) in [4.78, 5) is 42.1. The van der Waals surface area contributed by atoms with E-state index in [1.165, 1.54) is 30.1 Å². The maximum atomic E-state index is 13.5. The molecule has 0 unspecified atom stereocenters. The predicted molar refractivity (Wildman–Crippen MR) is 161 cm³/mol. The van der Waals surface area contributed by atoms with Gasteiger partial charge in [0.25, 0.3) is 5.91 Å². The molecule has 0 spiro atoms. The van der Waals surface area contributed by atoms with E-state index in [1.807, 2.05) is 0 Å². The van der Waals surface area contributed by atoms with E-state index in [9.17, 15) is 32.8 Å². The molecule has 3 aromatic rings. The van der Waals surface area contributed by atoms with Crippen molar-refractivity contribution in [3.05, 3.63) is 76.6 Å². The molecule has 45 heavy (non-hydrogen) atoms. The highest BCUT2D eigenvalue weighted by atomic mass is 35.5. The molecule has 0 saturated carbocycles. The third-order valence-electron chi connectivity index (χ3n) is 6.05. The Bertz CT molecular complexity index is 1600. The Hall–Kier alpha value is -4.83. The molecule has 0 aliphatic rings. The Morgan fingerprint density at radius 2 is 1.71 bits per heavy atom. The fourth-order valence-electron chi connectivity index (χ4n) is 3.96. The van der Waals surface area contributed by atoms with Gasteiger partial charge in [0, 0.05) is 48.0 Å². The van der Waals surface area contributed by atoms with Crippen LogP contribution >= 0.6 is 11.6 Å². The molecular formula is C31H31ClF3N5O5. The van der Waals surface area contributed by atoms with Gasteiger partial charge in [-0.15, -0.1) is 0 Å². The number of carbonyl (C=O) groups is 3. The highest BCUT2D eigenvalue weighted by Gasteiger charge is 2.33. The number of nitriles is 1. The molecule has 3 amide bonds. The van der Waals surface area contributed by atoms with Crippen molar-refractivity contribution in [2.24, 2.45) is 0 Å². The van der Waals surface area contributed by atoms with Crippen LogP contribution in [0.4, 0.5) is 23.7 Å². The summed E-state index contributed by atoms with van der Waals surface area (Å²) in [5, 5.41) is 14.8. The Morgan fingerprint density at radius 1 is 1.02 bits per heavy atom. The van der Waals surface area contributed by atoms with Crippen LogP contribution in [0.3, 0.4) is 0 Å². The van der Waals surface area contributed by atoms with E-state index in [0.717, 1.165) is 6.20 Å². The zero-order valence-electron chi connectivity index (χ0n) is 24.9. The number of anilines is 1. The number of amides is 3. The lowest BCUT2D eigenvalue weighted by atomic mass is 9.99. The van der Waals surface area contributed by atoms with Crippen molar-refractivity contribution in [1.82, 2.24) is 15.6 Å². The monoisotopic (exact) mass is 645 g/mol. The lowest BCUT2D eigenvalue weighted by molar-refractivity contribution is -0.141. The van der Waals surface area contributed by atoms with E-state index in [-0.39, 0.29) is 59.3 Å². The van der Waals surface area contributed by atoms with Gasteiger partial charge < -0.3 is 25.0 Å². The first-order valence-electron chi connectivity index (χ1n) is 13.6. The minimum absolute atomic E-state index is 0.00136. The zero-order chi connectivity index (χ0) is 33.4. The van der Waals surface area contributed by atoms with E-state index in [2.05, 4.69) is 15.6 Å². The summed E-state index contributed by atoms with van der Waals surface area (Å²) in [5.41, 5.74) is -1.45. The predicted octanol–water partition coefficient (Wildman–Crippen LogP) is 5.98. The van der Waals surface area contributed by atoms with Crippen LogP contribution in [0.2, 0.25) is 5.02 Å². The first-order chi connectivity index (χ1) is 21.1. The molecule has 0 radical (unpaired) electrons. The first kappa shape index (κ1) is 34.7. The quantitative estimate of drug-likeness (QED) is 0.259. The second kappa shape index (κ2) is 14.8. The molecule has 0 aliphatic carbocycles. The van der Waals surface area contributed by atoms with Crippen molar-refractivity contribution in [3.8, 4) is 22.9 Å². The largest absolute Gasteiger partial charge is 0.491 e. The average molecular weight is 646 g/mol. The summed E-state index contributed by atoms with van der Waals surface area (Å²) in [6, 6.07) is 13.2. The van der Waals surface area contributed by atoms with Crippen LogP contribution in [0, 0.1) is 11.3 Å². The summed E-state index contributed by atoms with van der Waals surface area (Å²) >= 11 is 6.31. The Balaban J connectivity index is 1.66. The van der Waals surface area contributed by atoms with Gasteiger partial charge in [0.2, 0.25) is 5.91 Å². The molecule has 1 aromatic heterocycles. The number of ether oxygens (including phenoxy) is 2. The molecule has 2 aromatic carbocycles. The Kier molecular flexibility index (Phi) is 11.4. The Labute approximate surface area is 263 Å². The van der Waals surface area contributed by atoms with Gasteiger partial charge in [-0.25, -0.2) is 4.79 Å². The summed E-state index contributed by atoms with van der Waals surface area (Å²) in [6.07, 6.45) is -4.43. The zero-order valence-corrected chi connectivity index (χ0v) is 25.7. The number of nitrogens with zero attached hydrogens (tertiary/aromatic N) is 3. The van der Waals surface area contributed by atoms with Crippen molar-refractivity contribution in [2.45, 2.75) is 39.0 Å². The molecule has 238 valence electrons. The minimum Gasteiger partial charge on any atom is -0.491 e. The second-order valence-corrected chi connectivity index (χ2v) is 11.0. The number of rotatable bonds is 10. The number of aromatic nitrogens is 1. The number of halogens is 4. The number of benzene rings is 2. The van der Waals surface area contributed by atoms with Gasteiger partial charge in [0.05, 0.1) is 30.3 Å². The number of alkyl halides is 3. The normalized spacial score (nSPS) is 11.3. The molecule has 0 bridgehead atoms. The number of para-hydroxylation sites is 2. The molecule has 2 N–H and O–H groups in total. The third-order valence-corrected chi connectivity index (χ3v) is 6.38. The highest BCUT2D eigenvalue weighted by Crippen LogP contribution is 2.35. The Morgan fingerprint density at radius 3 is 2.38 bits per heavy atom. The number of carbonyl (C=O) groups excluding carboxylic acids is 3. The average Bonchev–Trinajstić information content (AvgIpc) is 2.97. The van der Waals surface area contributed by atoms with Gasteiger partial charge in [-0.2, -0.15) is 18.4 Å². The standard InChI is InChI=1S/C31H31ClF3N5O5/c1-30(2,3)45-29(43)38-13-12-37-27(41)11-14-44-25-8-6-5-7-24(25)40(4)28(42)19-9-10-23(32)21(15-19)22-18-39-26(31(33,34)35)16-20(22)17-36/h5-10,15-16,18H,11-14H2,1-4H3,(H,37,41)(H,38,43). The molecule has 14 heteroatoms. The van der Waals surface area contributed by atoms with Gasteiger partial charge in [0.1, 0.15) is 17.0 Å². The summed E-state index contributed by atoms with van der Waals surface area (Å²) in [6.45, 7) is 5.58. The van der Waals surface area contributed by atoms with Crippen molar-refractivity contribution in [1.29, 1.82) is 5.26 Å². The molecule has 1 heterocycles. The molecule has 0 fully saturated rings. The van der Waals surface area contributed by atoms with E-state index in [0.29, 0.717) is 17.5 Å². The molecule has 0 aliphatic heterocycles. The topological polar surface area (TPSA) is 134 Å². The smallest absolute Gasteiger partial charge is 0.433 e. The van der Waals surface area contributed by atoms with E-state index >= 15 is 0 Å². The van der Waals surface area contributed by atoms with Gasteiger partial charge in [0.15, 0.2) is 0 Å². The van der Waals surface area contributed by atoms with E-state index in [1.54, 1.807) is 51.1 Å². The fourth-order valence-corrected chi connectivity index (χ4v) is 4.18. The van der Waals surface area contributed by atoms with E-state index < -0.39 is 29.5 Å². The minimum atomic E-state index is -4.74. The SMILES string of the molecule is CN(C(=O)c1ccc(Cl)c(-c2cnc(C(F)(F)F)cc2C#N)c1)c1ccccc1OCCC(=O)NCCNC(=O)OC(C)(C)C. The van der Waals surface area contributed by atoms with Crippen molar-refractivity contribution in [2.75, 3.05) is 31.6 Å². The van der Waals surface area contributed by atoms with Gasteiger partial charge in [-0.3, -0.25) is 14.6 Å². The van der Waals surface area contributed by atoms with Crippen LogP contribution in [0.25, 0.3) is 11.1 Å². The molecular weight excluding hydrogens is 615 g/mol. The van der Waals surface area contributed by atoms with Gasteiger partial charge in [-0.05, 0) is 57.2 Å². The number of hydrogen-bond acceptors (Lipinski definition) is 7. The van der Waals surface area contributed by atoms with Crippen LogP contribution in [-0.4, -0.2) is 55.2 Å². The fraction of sp³-hybridized carbons (Fsp3) is 0.323. The molecule has 3 rings (SSSR count). The van der Waals surface area contributed by atoms with Crippen molar-refractivity contribution >= 4 is 35.2 Å². The van der Waals surface area contributed by atoms with Crippen LogP contribution in [0.15, 0.2) is 54.7 Å². The summed E-state index contributed by atoms with van der Waals surface area (Å²) in [5.74, 6) is -0.496. The number of hydrogen-bond donors (Lipinski definition) is 2. The van der Waals surface area contributed by atoms with Gasteiger partial charge in [-0.1, -0.05) is 23.7 Å². The number of nitrogens with one attached hydrogen (secondary N) is 2. The second-order valence-electron chi connectivity index (χ2n) is 10.6. The first-order valence-corrected chi connectivity index (χ1v) is 14.0. The molecule has 10 nitrogen and oxygen atoms in total. The number of pyridine rings is 1. The van der Waals surface area contributed by atoms with Gasteiger partial charge >= 0.3 is 12.3 Å². The van der Waals surface area contributed by atoms with Crippen LogP contribution in [-0.2, 0) is 15.7 Å². The van der Waals surface area contributed by atoms with E-state index in [4.69, 9.17) is 21.1 Å². The van der Waals surface area contributed by atoms with Crippen LogP contribution in [0.5, 0.6) is 5.75 Å². The highest BCUT2D eigenvalue weighted by molar-refractivity contribution is 6.33. The molecule has 0 saturated heterocycles. The summed E-state index contributed by atoms with van der Waals surface area (Å²) < 4.78 is 50.3. The maximum Gasteiger partial charge on any atom is 0.433 e. The van der Waals surface area contributed by atoms with Crippen molar-refractivity contribution < 1.29 is 37.0 Å². The summed E-state index contributed by atoms with van der Waals surface area (Å²) in [7, 11) is 1.50. The maximum absolute atomic E-state index is 13.5. The lowest BCUT2D eigenvalue weighted by Crippen LogP contribution is -2.38. The molecule has 0 atom stereocenters. The third kappa shape index (κ3) is 9.84. The number of alkyl carbamates (subject to hydrolysis) is 1. The van der Waals surface area contributed by atoms with Crippen LogP contribution in [0.1, 0.15) is 48.8 Å².